The lowest BCUT2D eigenvalue weighted by molar-refractivity contribution is -0.144. The second-order valence-electron chi connectivity index (χ2n) is 8.81. The van der Waals surface area contributed by atoms with E-state index in [-0.39, 0.29) is 24.2 Å². The number of aliphatic hydroxyl groups excluding tert-OH is 2. The number of aliphatic hydroxyl groups is 2. The SMILES string of the molecule is COc1cc(OC)cc(N2C(=S)N[C@H]3[C@@H](O)[C@H](O)C[C@@H](C(=O)N4CCC(C(N)=O)CC4)[C@H]32)c1. The van der Waals surface area contributed by atoms with Crippen LogP contribution in [-0.2, 0) is 9.59 Å². The largest absolute Gasteiger partial charge is 0.497 e. The van der Waals surface area contributed by atoms with Crippen molar-refractivity contribution in [3.63, 3.8) is 0 Å². The number of hydrogen-bond donors (Lipinski definition) is 4. The first-order valence-corrected chi connectivity index (χ1v) is 11.4. The van der Waals surface area contributed by atoms with E-state index in [0.717, 1.165) is 0 Å². The molecule has 5 atom stereocenters. The highest BCUT2D eigenvalue weighted by Gasteiger charge is 2.54. The van der Waals surface area contributed by atoms with Gasteiger partial charge in [0, 0.05) is 37.2 Å². The van der Waals surface area contributed by atoms with Gasteiger partial charge in [0.15, 0.2) is 5.11 Å². The molecule has 33 heavy (non-hydrogen) atoms. The summed E-state index contributed by atoms with van der Waals surface area (Å²) >= 11 is 5.59. The standard InChI is InChI=1S/C22H30N4O6S/c1-31-13-7-12(8-14(9-13)32-2)26-18-15(10-16(27)19(28)17(18)24-22(26)33)21(30)25-5-3-11(4-6-25)20(23)29/h7-9,11,15-19,27-28H,3-6,10H2,1-2H3,(H2,23,29)(H,24,33)/t15-,16-,17-,18-,19+/m1/s1. The van der Waals surface area contributed by atoms with E-state index < -0.39 is 30.2 Å². The van der Waals surface area contributed by atoms with E-state index in [0.29, 0.717) is 48.2 Å². The molecule has 3 aliphatic rings. The van der Waals surface area contributed by atoms with Gasteiger partial charge in [-0.3, -0.25) is 9.59 Å². The molecule has 1 saturated carbocycles. The molecular weight excluding hydrogens is 448 g/mol. The van der Waals surface area contributed by atoms with Gasteiger partial charge in [-0.1, -0.05) is 0 Å². The van der Waals surface area contributed by atoms with Crippen molar-refractivity contribution in [3.05, 3.63) is 18.2 Å². The summed E-state index contributed by atoms with van der Waals surface area (Å²) in [6.07, 6.45) is -1.03. The third-order valence-electron chi connectivity index (χ3n) is 6.99. The van der Waals surface area contributed by atoms with Gasteiger partial charge in [0.1, 0.15) is 17.6 Å². The van der Waals surface area contributed by atoms with Gasteiger partial charge in [-0.15, -0.1) is 0 Å². The first-order valence-electron chi connectivity index (χ1n) is 11.0. The van der Waals surface area contributed by atoms with Crippen LogP contribution in [-0.4, -0.2) is 83.6 Å². The van der Waals surface area contributed by atoms with Crippen LogP contribution in [0, 0.1) is 11.8 Å². The van der Waals surface area contributed by atoms with E-state index in [9.17, 15) is 19.8 Å². The van der Waals surface area contributed by atoms with Crippen LogP contribution in [0.15, 0.2) is 18.2 Å². The minimum atomic E-state index is -1.09. The van der Waals surface area contributed by atoms with Gasteiger partial charge in [0.2, 0.25) is 11.8 Å². The van der Waals surface area contributed by atoms with Crippen LogP contribution in [0.5, 0.6) is 11.5 Å². The zero-order chi connectivity index (χ0) is 23.9. The molecule has 2 amide bonds. The molecule has 11 heteroatoms. The van der Waals surface area contributed by atoms with Crippen LogP contribution in [0.3, 0.4) is 0 Å². The third kappa shape index (κ3) is 4.32. The van der Waals surface area contributed by atoms with Crippen LogP contribution in [0.4, 0.5) is 5.69 Å². The Bertz CT molecular complexity index is 915. The first kappa shape index (κ1) is 23.5. The quantitative estimate of drug-likeness (QED) is 0.417. The molecule has 0 aromatic heterocycles. The summed E-state index contributed by atoms with van der Waals surface area (Å²) in [5.74, 6) is -0.218. The predicted molar refractivity (Wildman–Crippen MR) is 124 cm³/mol. The van der Waals surface area contributed by atoms with E-state index in [1.165, 1.54) is 0 Å². The minimum absolute atomic E-state index is 0.0960. The molecule has 2 heterocycles. The van der Waals surface area contributed by atoms with Gasteiger partial charge in [0.05, 0.1) is 44.0 Å². The molecule has 0 spiro atoms. The Morgan fingerprint density at radius 2 is 1.73 bits per heavy atom. The number of ether oxygens (including phenoxy) is 2. The maximum absolute atomic E-state index is 13.6. The van der Waals surface area contributed by atoms with Crippen LogP contribution in [0.25, 0.3) is 0 Å². The number of methoxy groups -OCH3 is 2. The number of anilines is 1. The zero-order valence-electron chi connectivity index (χ0n) is 18.6. The van der Waals surface area contributed by atoms with E-state index in [1.807, 2.05) is 0 Å². The van der Waals surface area contributed by atoms with Crippen molar-refractivity contribution < 1.29 is 29.3 Å². The number of nitrogens with zero attached hydrogens (tertiary/aromatic N) is 2. The molecule has 1 aromatic rings. The van der Waals surface area contributed by atoms with Crippen molar-refractivity contribution in [2.24, 2.45) is 17.6 Å². The summed E-state index contributed by atoms with van der Waals surface area (Å²) in [6, 6.07) is 4.16. The molecule has 2 aliphatic heterocycles. The maximum Gasteiger partial charge on any atom is 0.227 e. The number of amides is 2. The second-order valence-corrected chi connectivity index (χ2v) is 9.20. The number of likely N-dealkylation sites (tertiary alicyclic amines) is 1. The third-order valence-corrected chi connectivity index (χ3v) is 7.30. The van der Waals surface area contributed by atoms with Gasteiger partial charge in [0.25, 0.3) is 0 Å². The van der Waals surface area contributed by atoms with Gasteiger partial charge in [-0.2, -0.15) is 0 Å². The highest BCUT2D eigenvalue weighted by molar-refractivity contribution is 7.80. The van der Waals surface area contributed by atoms with E-state index in [2.05, 4.69) is 5.32 Å². The Labute approximate surface area is 197 Å². The number of fused-ring (bicyclic) bond motifs is 1. The lowest BCUT2D eigenvalue weighted by Gasteiger charge is -2.44. The van der Waals surface area contributed by atoms with Crippen LogP contribution in [0.1, 0.15) is 19.3 Å². The fourth-order valence-corrected chi connectivity index (χ4v) is 5.54. The van der Waals surface area contributed by atoms with Gasteiger partial charge in [-0.25, -0.2) is 0 Å². The fraction of sp³-hybridized carbons (Fsp3) is 0.591. The summed E-state index contributed by atoms with van der Waals surface area (Å²) in [7, 11) is 3.09. The maximum atomic E-state index is 13.6. The molecular formula is C22H30N4O6S. The van der Waals surface area contributed by atoms with E-state index in [4.69, 9.17) is 27.4 Å². The molecule has 0 unspecified atom stereocenters. The topological polar surface area (TPSA) is 138 Å². The van der Waals surface area contributed by atoms with Crippen molar-refractivity contribution >= 4 is 34.8 Å². The van der Waals surface area contributed by atoms with Gasteiger partial charge in [-0.05, 0) is 31.5 Å². The summed E-state index contributed by atoms with van der Waals surface area (Å²) in [5, 5.41) is 24.7. The molecule has 180 valence electrons. The summed E-state index contributed by atoms with van der Waals surface area (Å²) in [6.45, 7) is 0.841. The van der Waals surface area contributed by atoms with Crippen molar-refractivity contribution in [2.75, 3.05) is 32.2 Å². The number of piperidine rings is 1. The molecule has 1 aromatic carbocycles. The average Bonchev–Trinajstić information content (AvgIpc) is 3.17. The molecule has 3 fully saturated rings. The Morgan fingerprint density at radius 3 is 2.27 bits per heavy atom. The molecule has 4 rings (SSSR count). The summed E-state index contributed by atoms with van der Waals surface area (Å²) in [4.78, 5) is 28.7. The Balaban J connectivity index is 1.66. The summed E-state index contributed by atoms with van der Waals surface area (Å²) < 4.78 is 10.8. The normalized spacial score (nSPS) is 29.9. The number of benzene rings is 1. The fourth-order valence-electron chi connectivity index (χ4n) is 5.18. The number of carbonyl (C=O) groups excluding carboxylic acids is 2. The predicted octanol–water partition coefficient (Wildman–Crippen LogP) is -0.399. The Morgan fingerprint density at radius 1 is 1.12 bits per heavy atom. The second kappa shape index (κ2) is 9.32. The number of primary amides is 1. The van der Waals surface area contributed by atoms with Gasteiger partial charge < -0.3 is 40.5 Å². The Kier molecular flexibility index (Phi) is 6.64. The zero-order valence-corrected chi connectivity index (χ0v) is 19.5. The number of hydrogen-bond acceptors (Lipinski definition) is 7. The van der Waals surface area contributed by atoms with E-state index >= 15 is 0 Å². The van der Waals surface area contributed by atoms with Crippen molar-refractivity contribution in [3.8, 4) is 11.5 Å². The van der Waals surface area contributed by atoms with Crippen molar-refractivity contribution in [1.82, 2.24) is 10.2 Å². The van der Waals surface area contributed by atoms with E-state index in [1.54, 1.807) is 42.2 Å². The average molecular weight is 479 g/mol. The minimum Gasteiger partial charge on any atom is -0.497 e. The smallest absolute Gasteiger partial charge is 0.227 e. The number of nitrogens with two attached hydrogens (primary N) is 1. The number of nitrogens with one attached hydrogen (secondary N) is 1. The lowest BCUT2D eigenvalue weighted by Crippen LogP contribution is -2.61. The van der Waals surface area contributed by atoms with Crippen LogP contribution >= 0.6 is 12.2 Å². The number of rotatable bonds is 5. The molecule has 2 saturated heterocycles. The molecule has 10 nitrogen and oxygen atoms in total. The van der Waals surface area contributed by atoms with Gasteiger partial charge >= 0.3 is 0 Å². The Hall–Kier alpha value is -2.63. The van der Waals surface area contributed by atoms with Crippen molar-refractivity contribution in [1.29, 1.82) is 0 Å². The number of thiocarbonyl (C=S) groups is 1. The molecule has 5 N–H and O–H groups in total. The molecule has 1 aliphatic carbocycles. The highest BCUT2D eigenvalue weighted by Crippen LogP contribution is 2.40. The first-order chi connectivity index (χ1) is 15.7. The monoisotopic (exact) mass is 478 g/mol. The highest BCUT2D eigenvalue weighted by atomic mass is 32.1. The number of carbonyl (C=O) groups is 2. The molecule has 0 bridgehead atoms. The summed E-state index contributed by atoms with van der Waals surface area (Å²) in [5.41, 5.74) is 6.08. The van der Waals surface area contributed by atoms with Crippen molar-refractivity contribution in [2.45, 2.75) is 43.6 Å². The van der Waals surface area contributed by atoms with Crippen LogP contribution in [0.2, 0.25) is 0 Å². The molecule has 0 radical (unpaired) electrons. The van der Waals surface area contributed by atoms with Crippen LogP contribution < -0.4 is 25.4 Å². The lowest BCUT2D eigenvalue weighted by atomic mass is 9.76.